The summed E-state index contributed by atoms with van der Waals surface area (Å²) in [5.41, 5.74) is 2.94. The van der Waals surface area contributed by atoms with Gasteiger partial charge in [0.25, 0.3) is 0 Å². The summed E-state index contributed by atoms with van der Waals surface area (Å²) in [7, 11) is 0. The molecule has 0 aliphatic carbocycles. The fourth-order valence-electron chi connectivity index (χ4n) is 2.09. The molecule has 2 aromatic carbocycles. The highest BCUT2D eigenvalue weighted by atomic mass is 14.1. The molecule has 72 valence electrons. The van der Waals surface area contributed by atoms with Gasteiger partial charge in [0.2, 0.25) is 0 Å². The summed E-state index contributed by atoms with van der Waals surface area (Å²) in [5, 5.41) is 2.85. The Balaban J connectivity index is 2.81. The average Bonchev–Trinajstić information content (AvgIpc) is 2.27. The van der Waals surface area contributed by atoms with E-state index in [0.29, 0.717) is 0 Å². The zero-order valence-electron chi connectivity index (χ0n) is 8.88. The summed E-state index contributed by atoms with van der Waals surface area (Å²) < 4.78 is 0. The van der Waals surface area contributed by atoms with Crippen LogP contribution in [0.4, 0.5) is 0 Å². The second-order valence-corrected chi connectivity index (χ2v) is 3.64. The van der Waals surface area contributed by atoms with E-state index in [1.165, 1.54) is 21.9 Å². The molecule has 0 nitrogen and oxygen atoms in total. The normalized spacial score (nSPS) is 10.7. The van der Waals surface area contributed by atoms with E-state index in [-0.39, 0.29) is 0 Å². The lowest BCUT2D eigenvalue weighted by atomic mass is 9.97. The maximum absolute atomic E-state index is 2.24. The second kappa shape index (κ2) is 3.83. The quantitative estimate of drug-likeness (QED) is 0.662. The monoisotopic (exact) mass is 184 g/mol. The van der Waals surface area contributed by atoms with E-state index in [1.54, 1.807) is 0 Å². The van der Waals surface area contributed by atoms with Crippen LogP contribution in [0.25, 0.3) is 10.8 Å². The molecular weight excluding hydrogens is 168 g/mol. The third-order valence-electron chi connectivity index (χ3n) is 2.84. The minimum absolute atomic E-state index is 1.12. The Hall–Kier alpha value is -1.30. The smallest absolute Gasteiger partial charge is 0.0120 e. The van der Waals surface area contributed by atoms with E-state index in [9.17, 15) is 0 Å². The molecule has 0 N–H and O–H groups in total. The molecule has 0 amide bonds. The lowest BCUT2D eigenvalue weighted by Crippen LogP contribution is -1.89. The van der Waals surface area contributed by atoms with Crippen molar-refractivity contribution in [1.82, 2.24) is 0 Å². The van der Waals surface area contributed by atoms with Crippen LogP contribution in [-0.2, 0) is 12.8 Å². The summed E-state index contributed by atoms with van der Waals surface area (Å²) in [4.78, 5) is 0. The van der Waals surface area contributed by atoms with Crippen molar-refractivity contribution in [3.8, 4) is 0 Å². The van der Waals surface area contributed by atoms with Gasteiger partial charge in [0, 0.05) is 0 Å². The number of fused-ring (bicyclic) bond motifs is 1. The number of hydrogen-bond donors (Lipinski definition) is 0. The van der Waals surface area contributed by atoms with Gasteiger partial charge >= 0.3 is 0 Å². The molecule has 0 saturated heterocycles. The maximum atomic E-state index is 2.24. The van der Waals surface area contributed by atoms with Gasteiger partial charge in [0.15, 0.2) is 0 Å². The molecule has 0 heterocycles. The number of rotatable bonds is 2. The fraction of sp³-hybridized carbons (Fsp3) is 0.286. The zero-order chi connectivity index (χ0) is 9.97. The first kappa shape index (κ1) is 9.26. The fourth-order valence-corrected chi connectivity index (χ4v) is 2.09. The molecule has 0 radical (unpaired) electrons. The minimum atomic E-state index is 1.12. The Morgan fingerprint density at radius 2 is 1.29 bits per heavy atom. The van der Waals surface area contributed by atoms with Crippen LogP contribution in [0.2, 0.25) is 0 Å². The van der Waals surface area contributed by atoms with Gasteiger partial charge in [-0.1, -0.05) is 50.2 Å². The molecule has 0 fully saturated rings. The molecule has 0 bridgehead atoms. The van der Waals surface area contributed by atoms with Crippen LogP contribution < -0.4 is 0 Å². The topological polar surface area (TPSA) is 0 Å². The average molecular weight is 184 g/mol. The molecule has 0 aromatic heterocycles. The van der Waals surface area contributed by atoms with Crippen molar-refractivity contribution < 1.29 is 0 Å². The number of hydrogen-bond acceptors (Lipinski definition) is 0. The first-order valence-electron chi connectivity index (χ1n) is 5.36. The molecule has 14 heavy (non-hydrogen) atoms. The first-order chi connectivity index (χ1) is 6.86. The summed E-state index contributed by atoms with van der Waals surface area (Å²) in [6.07, 6.45) is 2.24. The predicted octanol–water partition coefficient (Wildman–Crippen LogP) is 3.96. The van der Waals surface area contributed by atoms with Crippen LogP contribution >= 0.6 is 0 Å². The van der Waals surface area contributed by atoms with Crippen molar-refractivity contribution in [3.63, 3.8) is 0 Å². The van der Waals surface area contributed by atoms with Gasteiger partial charge in [-0.05, 0) is 34.7 Å². The molecule has 0 spiro atoms. The Morgan fingerprint density at radius 3 is 1.71 bits per heavy atom. The standard InChI is InChI=1S/C14H16/c1-3-11-7-5-9-13-10-6-8-12(4-2)14(11)13/h5-10H,3-4H2,1-2H3. The van der Waals surface area contributed by atoms with Gasteiger partial charge in [-0.3, -0.25) is 0 Å². The Kier molecular flexibility index (Phi) is 2.53. The molecule has 0 aliphatic heterocycles. The first-order valence-corrected chi connectivity index (χ1v) is 5.36. The third kappa shape index (κ3) is 1.41. The largest absolute Gasteiger partial charge is 0.0614 e. The molecule has 2 aromatic rings. The summed E-state index contributed by atoms with van der Waals surface area (Å²) in [6, 6.07) is 13.2. The zero-order valence-corrected chi connectivity index (χ0v) is 8.88. The molecule has 0 aliphatic rings. The van der Waals surface area contributed by atoms with E-state index in [0.717, 1.165) is 12.8 Å². The Bertz CT molecular complexity index is 402. The van der Waals surface area contributed by atoms with Gasteiger partial charge in [0.05, 0.1) is 0 Å². The van der Waals surface area contributed by atoms with Crippen LogP contribution in [0.1, 0.15) is 25.0 Å². The minimum Gasteiger partial charge on any atom is -0.0614 e. The summed E-state index contributed by atoms with van der Waals surface area (Å²) >= 11 is 0. The van der Waals surface area contributed by atoms with Gasteiger partial charge in [-0.15, -0.1) is 0 Å². The molecule has 0 saturated carbocycles. The molecule has 0 unspecified atom stereocenters. The third-order valence-corrected chi connectivity index (χ3v) is 2.84. The van der Waals surface area contributed by atoms with Crippen molar-refractivity contribution in [2.45, 2.75) is 26.7 Å². The highest BCUT2D eigenvalue weighted by Gasteiger charge is 2.02. The van der Waals surface area contributed by atoms with Gasteiger partial charge in [-0.2, -0.15) is 0 Å². The summed E-state index contributed by atoms with van der Waals surface area (Å²) in [5.74, 6) is 0. The van der Waals surface area contributed by atoms with E-state index in [1.807, 2.05) is 0 Å². The van der Waals surface area contributed by atoms with E-state index >= 15 is 0 Å². The van der Waals surface area contributed by atoms with Gasteiger partial charge in [0.1, 0.15) is 0 Å². The molecule has 0 heteroatoms. The lowest BCUT2D eigenvalue weighted by molar-refractivity contribution is 1.12. The van der Waals surface area contributed by atoms with E-state index in [4.69, 9.17) is 0 Å². The lowest BCUT2D eigenvalue weighted by Gasteiger charge is -2.08. The van der Waals surface area contributed by atoms with Crippen molar-refractivity contribution in [2.75, 3.05) is 0 Å². The predicted molar refractivity (Wildman–Crippen MR) is 62.7 cm³/mol. The van der Waals surface area contributed by atoms with Crippen LogP contribution in [0, 0.1) is 0 Å². The SMILES string of the molecule is CCc1cccc2cccc(CC)c12. The van der Waals surface area contributed by atoms with Crippen LogP contribution in [0.3, 0.4) is 0 Å². The molecular formula is C14H16. The van der Waals surface area contributed by atoms with Crippen LogP contribution in [0.15, 0.2) is 36.4 Å². The van der Waals surface area contributed by atoms with Crippen LogP contribution in [0.5, 0.6) is 0 Å². The van der Waals surface area contributed by atoms with E-state index in [2.05, 4.69) is 50.2 Å². The van der Waals surface area contributed by atoms with Gasteiger partial charge < -0.3 is 0 Å². The van der Waals surface area contributed by atoms with Crippen LogP contribution in [-0.4, -0.2) is 0 Å². The van der Waals surface area contributed by atoms with Gasteiger partial charge in [-0.25, -0.2) is 0 Å². The van der Waals surface area contributed by atoms with Crippen molar-refractivity contribution in [2.24, 2.45) is 0 Å². The number of benzene rings is 2. The van der Waals surface area contributed by atoms with Crippen molar-refractivity contribution in [1.29, 1.82) is 0 Å². The van der Waals surface area contributed by atoms with E-state index < -0.39 is 0 Å². The van der Waals surface area contributed by atoms with Crippen molar-refractivity contribution >= 4 is 10.8 Å². The van der Waals surface area contributed by atoms with Crippen molar-refractivity contribution in [3.05, 3.63) is 47.5 Å². The Morgan fingerprint density at radius 1 is 0.786 bits per heavy atom. The Labute approximate surface area is 85.6 Å². The highest BCUT2D eigenvalue weighted by molar-refractivity contribution is 5.88. The molecule has 2 rings (SSSR count). The summed E-state index contributed by atoms with van der Waals surface area (Å²) in [6.45, 7) is 4.45. The number of aryl methyl sites for hydroxylation is 2. The maximum Gasteiger partial charge on any atom is -0.0120 e. The second-order valence-electron chi connectivity index (χ2n) is 3.64. The highest BCUT2D eigenvalue weighted by Crippen LogP contribution is 2.23. The molecule has 0 atom stereocenters.